The molecule has 8 heteroatoms. The molecule has 0 bridgehead atoms. The summed E-state index contributed by atoms with van der Waals surface area (Å²) in [6.07, 6.45) is 0.338. The number of imide groups is 1. The van der Waals surface area contributed by atoms with Crippen LogP contribution >= 0.6 is 34.5 Å². The zero-order valence-electron chi connectivity index (χ0n) is 17.6. The number of amides is 2. The van der Waals surface area contributed by atoms with Gasteiger partial charge >= 0.3 is 0 Å². The largest absolute Gasteiger partial charge is 0.289 e. The van der Waals surface area contributed by atoms with Gasteiger partial charge in [0.15, 0.2) is 5.78 Å². The number of halogens is 2. The van der Waals surface area contributed by atoms with Crippen LogP contribution in [0.1, 0.15) is 52.8 Å². The van der Waals surface area contributed by atoms with E-state index < -0.39 is 0 Å². The van der Waals surface area contributed by atoms with Crippen LogP contribution in [0.4, 0.5) is 0 Å². The molecule has 1 aliphatic rings. The highest BCUT2D eigenvalue weighted by molar-refractivity contribution is 7.09. The Hall–Kier alpha value is -3.32. The summed E-state index contributed by atoms with van der Waals surface area (Å²) in [6.45, 7) is 0.119. The predicted octanol–water partition coefficient (Wildman–Crippen LogP) is 6.07. The number of thiazole rings is 1. The Morgan fingerprint density at radius 2 is 1.56 bits per heavy atom. The van der Waals surface area contributed by atoms with Crippen LogP contribution in [0, 0.1) is 0 Å². The van der Waals surface area contributed by atoms with Gasteiger partial charge in [0.25, 0.3) is 11.8 Å². The number of carbonyl (C=O) groups is 3. The van der Waals surface area contributed by atoms with Crippen LogP contribution in [0.5, 0.6) is 0 Å². The summed E-state index contributed by atoms with van der Waals surface area (Å²) in [7, 11) is 0. The second-order valence-electron chi connectivity index (χ2n) is 7.75. The van der Waals surface area contributed by atoms with Crippen LogP contribution in [0.2, 0.25) is 10.0 Å². The third-order valence-corrected chi connectivity index (χ3v) is 7.12. The van der Waals surface area contributed by atoms with Crippen LogP contribution in [-0.4, -0.2) is 27.5 Å². The summed E-state index contributed by atoms with van der Waals surface area (Å²) >= 11 is 13.8. The highest BCUT2D eigenvalue weighted by Gasteiger charge is 2.35. The molecule has 0 N–H and O–H groups in total. The van der Waals surface area contributed by atoms with Gasteiger partial charge in [-0.1, -0.05) is 53.5 Å². The van der Waals surface area contributed by atoms with Crippen LogP contribution in [0.3, 0.4) is 0 Å². The van der Waals surface area contributed by atoms with Crippen molar-refractivity contribution in [1.29, 1.82) is 0 Å². The number of hydrogen-bond acceptors (Lipinski definition) is 5. The van der Waals surface area contributed by atoms with Crippen molar-refractivity contribution in [2.75, 3.05) is 0 Å². The summed E-state index contributed by atoms with van der Waals surface area (Å²) in [5.74, 6) is -0.873. The average molecular weight is 507 g/mol. The lowest BCUT2D eigenvalue weighted by Crippen LogP contribution is -2.29. The molecule has 2 amide bonds. The number of fused-ring (bicyclic) bond motifs is 1. The van der Waals surface area contributed by atoms with E-state index in [0.29, 0.717) is 44.4 Å². The van der Waals surface area contributed by atoms with Crippen molar-refractivity contribution in [2.45, 2.75) is 13.0 Å². The minimum atomic E-state index is -0.318. The molecule has 0 radical (unpaired) electrons. The second kappa shape index (κ2) is 9.14. The van der Waals surface area contributed by atoms with Crippen molar-refractivity contribution in [3.05, 3.63) is 121 Å². The molecule has 0 saturated heterocycles. The Morgan fingerprint density at radius 3 is 2.26 bits per heavy atom. The first-order valence-electron chi connectivity index (χ1n) is 10.4. The molecule has 5 nitrogen and oxygen atoms in total. The summed E-state index contributed by atoms with van der Waals surface area (Å²) < 4.78 is 0. The first-order chi connectivity index (χ1) is 16.4. The maximum atomic E-state index is 13.3. The minimum Gasteiger partial charge on any atom is -0.289 e. The molecule has 34 heavy (non-hydrogen) atoms. The molecule has 4 aromatic rings. The molecule has 3 aromatic carbocycles. The summed E-state index contributed by atoms with van der Waals surface area (Å²) in [4.78, 5) is 45.3. The predicted molar refractivity (Wildman–Crippen MR) is 132 cm³/mol. The molecule has 0 spiro atoms. The molecule has 168 valence electrons. The van der Waals surface area contributed by atoms with Crippen molar-refractivity contribution < 1.29 is 14.4 Å². The van der Waals surface area contributed by atoms with E-state index in [0.717, 1.165) is 10.4 Å². The van der Waals surface area contributed by atoms with E-state index in [4.69, 9.17) is 23.2 Å². The summed E-state index contributed by atoms with van der Waals surface area (Å²) in [5.41, 5.74) is 4.72. The van der Waals surface area contributed by atoms with Gasteiger partial charge in [0.2, 0.25) is 0 Å². The monoisotopic (exact) mass is 506 g/mol. The van der Waals surface area contributed by atoms with E-state index in [2.05, 4.69) is 4.98 Å². The van der Waals surface area contributed by atoms with E-state index >= 15 is 0 Å². The Bertz CT molecular complexity index is 1430. The number of rotatable bonds is 6. The number of carbonyl (C=O) groups excluding carboxylic acids is 3. The van der Waals surface area contributed by atoms with Gasteiger partial charge in [0.1, 0.15) is 0 Å². The van der Waals surface area contributed by atoms with E-state index in [-0.39, 0.29) is 24.1 Å². The van der Waals surface area contributed by atoms with Crippen molar-refractivity contribution in [3.8, 4) is 0 Å². The smallest absolute Gasteiger partial charge is 0.261 e. The van der Waals surface area contributed by atoms with Crippen LogP contribution in [0.25, 0.3) is 0 Å². The number of hydrogen-bond donors (Lipinski definition) is 0. The molecule has 1 aromatic heterocycles. The molecule has 1 aliphatic heterocycles. The molecule has 0 fully saturated rings. The van der Waals surface area contributed by atoms with Gasteiger partial charge in [-0.25, -0.2) is 4.98 Å². The molecular weight excluding hydrogens is 491 g/mol. The Morgan fingerprint density at radius 1 is 0.882 bits per heavy atom. The minimum absolute atomic E-state index is 0.119. The van der Waals surface area contributed by atoms with Crippen molar-refractivity contribution in [3.63, 3.8) is 0 Å². The molecule has 0 saturated carbocycles. The lowest BCUT2D eigenvalue weighted by atomic mass is 9.95. The fraction of sp³-hybridized carbons (Fsp3) is 0.0769. The van der Waals surface area contributed by atoms with Gasteiger partial charge in [-0.05, 0) is 42.0 Å². The lowest BCUT2D eigenvalue weighted by molar-refractivity contribution is 0.0643. The number of nitrogens with zero attached hydrogens (tertiary/aromatic N) is 2. The normalized spacial score (nSPS) is 12.8. The Balaban J connectivity index is 1.44. The zero-order chi connectivity index (χ0) is 23.8. The van der Waals surface area contributed by atoms with Gasteiger partial charge in [-0.15, -0.1) is 11.3 Å². The van der Waals surface area contributed by atoms with Crippen LogP contribution in [-0.2, 0) is 13.0 Å². The Kier molecular flexibility index (Phi) is 6.04. The average Bonchev–Trinajstić information content (AvgIpc) is 3.38. The third-order valence-electron chi connectivity index (χ3n) is 5.70. The standard InChI is InChI=1S/C26H16Cl2N2O3S/c27-16-10-9-15(20(12-16)24(31)19-7-3-4-8-21(19)28)11-22-23(34-14-29-22)13-30-25(32)17-5-1-2-6-18(17)26(30)33/h1-10,12,14H,11,13H2. The zero-order valence-corrected chi connectivity index (χ0v) is 20.0. The number of ketones is 1. The van der Waals surface area contributed by atoms with E-state index in [1.165, 1.54) is 16.2 Å². The fourth-order valence-electron chi connectivity index (χ4n) is 3.98. The summed E-state index contributed by atoms with van der Waals surface area (Å²) in [5, 5.41) is 0.794. The third kappa shape index (κ3) is 4.05. The van der Waals surface area contributed by atoms with E-state index in [9.17, 15) is 14.4 Å². The summed E-state index contributed by atoms with van der Waals surface area (Å²) in [6, 6.07) is 18.8. The van der Waals surface area contributed by atoms with Gasteiger partial charge in [0, 0.05) is 27.4 Å². The first kappa shape index (κ1) is 22.5. The molecule has 0 aliphatic carbocycles. The van der Waals surface area contributed by atoms with E-state index in [1.807, 2.05) is 0 Å². The maximum absolute atomic E-state index is 13.3. The Labute approximate surface area is 209 Å². The van der Waals surface area contributed by atoms with Crippen molar-refractivity contribution in [1.82, 2.24) is 9.88 Å². The molecule has 5 rings (SSSR count). The quantitative estimate of drug-likeness (QED) is 0.235. The number of benzene rings is 3. The molecular formula is C26H16Cl2N2O3S. The topological polar surface area (TPSA) is 67.3 Å². The highest BCUT2D eigenvalue weighted by atomic mass is 35.5. The maximum Gasteiger partial charge on any atom is 0.261 e. The fourth-order valence-corrected chi connectivity index (χ4v) is 5.14. The van der Waals surface area contributed by atoms with Gasteiger partial charge in [-0.3, -0.25) is 19.3 Å². The lowest BCUT2D eigenvalue weighted by Gasteiger charge is -2.14. The molecule has 0 atom stereocenters. The first-order valence-corrected chi connectivity index (χ1v) is 12.0. The van der Waals surface area contributed by atoms with Crippen LogP contribution < -0.4 is 0 Å². The van der Waals surface area contributed by atoms with E-state index in [1.54, 1.807) is 72.2 Å². The van der Waals surface area contributed by atoms with Crippen molar-refractivity contribution >= 4 is 52.1 Å². The number of aromatic nitrogens is 1. The molecule has 2 heterocycles. The van der Waals surface area contributed by atoms with Crippen molar-refractivity contribution in [2.24, 2.45) is 0 Å². The SMILES string of the molecule is O=C(c1ccccc1Cl)c1cc(Cl)ccc1Cc1ncsc1CN1C(=O)c2ccccc2C1=O. The highest BCUT2D eigenvalue weighted by Crippen LogP contribution is 2.29. The van der Waals surface area contributed by atoms with Gasteiger partial charge < -0.3 is 0 Å². The molecule has 0 unspecified atom stereocenters. The van der Waals surface area contributed by atoms with Gasteiger partial charge in [0.05, 0.1) is 33.9 Å². The second-order valence-corrected chi connectivity index (χ2v) is 9.53. The van der Waals surface area contributed by atoms with Crippen LogP contribution in [0.15, 0.2) is 72.2 Å². The van der Waals surface area contributed by atoms with Gasteiger partial charge in [-0.2, -0.15) is 0 Å².